The smallest absolute Gasteiger partial charge is 0.276 e. The lowest BCUT2D eigenvalue weighted by Gasteiger charge is -2.12. The molecule has 0 spiro atoms. The van der Waals surface area contributed by atoms with E-state index >= 15 is 0 Å². The van der Waals surface area contributed by atoms with Crippen LogP contribution in [0.3, 0.4) is 0 Å². The maximum absolute atomic E-state index is 12.5. The Morgan fingerprint density at radius 2 is 1.87 bits per heavy atom. The molecule has 0 saturated carbocycles. The zero-order valence-corrected chi connectivity index (χ0v) is 17.8. The SMILES string of the molecule is CC(=O)NC(C)c1ccc(-c2csc(NC(=O)c3csc(-c4ccco4)n3)n2)cc1. The molecule has 0 aliphatic carbocycles. The molecule has 9 heteroatoms. The van der Waals surface area contributed by atoms with E-state index in [1.54, 1.807) is 23.8 Å². The van der Waals surface area contributed by atoms with E-state index in [9.17, 15) is 9.59 Å². The second kappa shape index (κ2) is 8.60. The zero-order valence-electron chi connectivity index (χ0n) is 16.2. The van der Waals surface area contributed by atoms with Gasteiger partial charge in [-0.1, -0.05) is 24.3 Å². The normalized spacial score (nSPS) is 11.8. The van der Waals surface area contributed by atoms with Crippen LogP contribution in [-0.2, 0) is 4.79 Å². The summed E-state index contributed by atoms with van der Waals surface area (Å²) in [4.78, 5) is 32.5. The number of nitrogens with zero attached hydrogens (tertiary/aromatic N) is 2. The molecular weight excluding hydrogens is 420 g/mol. The predicted molar refractivity (Wildman–Crippen MR) is 118 cm³/mol. The monoisotopic (exact) mass is 438 g/mol. The van der Waals surface area contributed by atoms with Crippen LogP contribution < -0.4 is 10.6 Å². The Balaban J connectivity index is 1.43. The van der Waals surface area contributed by atoms with Crippen molar-refractivity contribution in [1.82, 2.24) is 15.3 Å². The van der Waals surface area contributed by atoms with Crippen molar-refractivity contribution in [2.24, 2.45) is 0 Å². The standard InChI is InChI=1S/C21H18N4O3S2/c1-12(22-13(2)26)14-5-7-15(8-6-14)16-10-30-21(24-16)25-19(27)17-11-29-20(23-17)18-4-3-9-28-18/h3-12H,1-2H3,(H,22,26)(H,24,25,27). The van der Waals surface area contributed by atoms with E-state index in [4.69, 9.17) is 4.42 Å². The number of furan rings is 1. The minimum absolute atomic E-state index is 0.0639. The minimum atomic E-state index is -0.315. The number of hydrogen-bond acceptors (Lipinski definition) is 7. The summed E-state index contributed by atoms with van der Waals surface area (Å²) in [6.45, 7) is 3.43. The van der Waals surface area contributed by atoms with Crippen molar-refractivity contribution >= 4 is 39.6 Å². The molecule has 0 aliphatic rings. The highest BCUT2D eigenvalue weighted by molar-refractivity contribution is 7.14. The van der Waals surface area contributed by atoms with Crippen molar-refractivity contribution in [3.63, 3.8) is 0 Å². The Morgan fingerprint density at radius 1 is 1.07 bits per heavy atom. The summed E-state index contributed by atoms with van der Waals surface area (Å²) in [7, 11) is 0. The molecule has 0 bridgehead atoms. The van der Waals surface area contributed by atoms with Crippen molar-refractivity contribution in [2.75, 3.05) is 5.32 Å². The fraction of sp³-hybridized carbons (Fsp3) is 0.143. The Kier molecular flexibility index (Phi) is 5.73. The van der Waals surface area contributed by atoms with E-state index in [-0.39, 0.29) is 17.9 Å². The van der Waals surface area contributed by atoms with Gasteiger partial charge in [-0.25, -0.2) is 9.97 Å². The Bertz CT molecular complexity index is 1160. The van der Waals surface area contributed by atoms with E-state index in [1.807, 2.05) is 36.6 Å². The molecule has 152 valence electrons. The van der Waals surface area contributed by atoms with E-state index in [1.165, 1.54) is 29.6 Å². The lowest BCUT2D eigenvalue weighted by molar-refractivity contribution is -0.119. The maximum atomic E-state index is 12.5. The van der Waals surface area contributed by atoms with Crippen molar-refractivity contribution in [3.8, 4) is 22.0 Å². The second-order valence-electron chi connectivity index (χ2n) is 6.55. The van der Waals surface area contributed by atoms with Crippen LogP contribution >= 0.6 is 22.7 Å². The fourth-order valence-corrected chi connectivity index (χ4v) is 4.33. The molecule has 2 N–H and O–H groups in total. The van der Waals surface area contributed by atoms with Gasteiger partial charge in [-0.05, 0) is 24.6 Å². The fourth-order valence-electron chi connectivity index (χ4n) is 2.85. The molecule has 2 amide bonds. The summed E-state index contributed by atoms with van der Waals surface area (Å²) >= 11 is 2.69. The average molecular weight is 439 g/mol. The van der Waals surface area contributed by atoms with E-state index in [0.29, 0.717) is 21.6 Å². The molecule has 4 aromatic rings. The summed E-state index contributed by atoms with van der Waals surface area (Å²) in [6.07, 6.45) is 1.57. The maximum Gasteiger partial charge on any atom is 0.276 e. The number of benzene rings is 1. The highest BCUT2D eigenvalue weighted by Gasteiger charge is 2.15. The lowest BCUT2D eigenvalue weighted by Crippen LogP contribution is -2.23. The van der Waals surface area contributed by atoms with E-state index < -0.39 is 0 Å². The van der Waals surface area contributed by atoms with Crippen LogP contribution in [0.15, 0.2) is 57.8 Å². The molecule has 0 radical (unpaired) electrons. The number of thiazole rings is 2. The highest BCUT2D eigenvalue weighted by Crippen LogP contribution is 2.28. The first-order valence-electron chi connectivity index (χ1n) is 9.13. The quantitative estimate of drug-likeness (QED) is 0.443. The number of carbonyl (C=O) groups is 2. The van der Waals surface area contributed by atoms with Crippen LogP contribution in [0.4, 0.5) is 5.13 Å². The Hall–Kier alpha value is -3.30. The van der Waals surface area contributed by atoms with Gasteiger partial charge in [-0.3, -0.25) is 14.9 Å². The molecule has 30 heavy (non-hydrogen) atoms. The summed E-state index contributed by atoms with van der Waals surface area (Å²) < 4.78 is 5.31. The molecule has 1 aromatic carbocycles. The van der Waals surface area contributed by atoms with Gasteiger partial charge in [0.05, 0.1) is 18.0 Å². The van der Waals surface area contributed by atoms with Crippen molar-refractivity contribution in [2.45, 2.75) is 19.9 Å². The predicted octanol–water partition coefficient (Wildman–Crippen LogP) is 4.98. The van der Waals surface area contributed by atoms with Crippen LogP contribution in [-0.4, -0.2) is 21.8 Å². The van der Waals surface area contributed by atoms with Crippen LogP contribution in [0.5, 0.6) is 0 Å². The molecule has 0 fully saturated rings. The van der Waals surface area contributed by atoms with Crippen molar-refractivity contribution in [1.29, 1.82) is 0 Å². The van der Waals surface area contributed by atoms with Gasteiger partial charge in [0.2, 0.25) is 5.91 Å². The molecule has 3 heterocycles. The largest absolute Gasteiger partial charge is 0.462 e. The first kappa shape index (κ1) is 20.0. The summed E-state index contributed by atoms with van der Waals surface area (Å²) in [5.74, 6) is 0.249. The Morgan fingerprint density at radius 3 is 2.57 bits per heavy atom. The highest BCUT2D eigenvalue weighted by atomic mass is 32.1. The van der Waals surface area contributed by atoms with Crippen molar-refractivity contribution in [3.05, 3.63) is 64.7 Å². The number of amides is 2. The van der Waals surface area contributed by atoms with Gasteiger partial charge < -0.3 is 9.73 Å². The third-order valence-corrected chi connectivity index (χ3v) is 5.93. The average Bonchev–Trinajstić information content (AvgIpc) is 3.48. The topological polar surface area (TPSA) is 97.1 Å². The van der Waals surface area contributed by atoms with Gasteiger partial charge in [0, 0.05) is 23.2 Å². The van der Waals surface area contributed by atoms with E-state index in [2.05, 4.69) is 20.6 Å². The zero-order chi connectivity index (χ0) is 21.1. The van der Waals surface area contributed by atoms with Gasteiger partial charge in [-0.15, -0.1) is 22.7 Å². The molecule has 1 atom stereocenters. The molecule has 0 aliphatic heterocycles. The first-order valence-corrected chi connectivity index (χ1v) is 10.9. The molecule has 1 unspecified atom stereocenters. The molecule has 7 nitrogen and oxygen atoms in total. The number of rotatable bonds is 6. The lowest BCUT2D eigenvalue weighted by atomic mass is 10.1. The molecule has 3 aromatic heterocycles. The number of aromatic nitrogens is 2. The third-order valence-electron chi connectivity index (χ3n) is 4.32. The van der Waals surface area contributed by atoms with Gasteiger partial charge in [-0.2, -0.15) is 0 Å². The minimum Gasteiger partial charge on any atom is -0.462 e. The summed E-state index contributed by atoms with van der Waals surface area (Å²) in [6, 6.07) is 11.3. The third kappa shape index (κ3) is 4.47. The molecule has 0 saturated heterocycles. The number of carbonyl (C=O) groups excluding carboxylic acids is 2. The molecule has 4 rings (SSSR count). The van der Waals surface area contributed by atoms with Crippen LogP contribution in [0.1, 0.15) is 35.9 Å². The molecular formula is C21H18N4O3S2. The first-order chi connectivity index (χ1) is 14.5. The number of hydrogen-bond donors (Lipinski definition) is 2. The van der Waals surface area contributed by atoms with Gasteiger partial charge in [0.1, 0.15) is 5.69 Å². The van der Waals surface area contributed by atoms with Gasteiger partial charge in [0.25, 0.3) is 5.91 Å². The van der Waals surface area contributed by atoms with Crippen LogP contribution in [0.25, 0.3) is 22.0 Å². The van der Waals surface area contributed by atoms with Crippen LogP contribution in [0.2, 0.25) is 0 Å². The summed E-state index contributed by atoms with van der Waals surface area (Å²) in [5, 5.41) is 10.4. The van der Waals surface area contributed by atoms with Crippen molar-refractivity contribution < 1.29 is 14.0 Å². The van der Waals surface area contributed by atoms with Gasteiger partial charge in [0.15, 0.2) is 15.9 Å². The summed E-state index contributed by atoms with van der Waals surface area (Å²) in [5.41, 5.74) is 3.02. The van der Waals surface area contributed by atoms with E-state index in [0.717, 1.165) is 16.8 Å². The number of nitrogens with one attached hydrogen (secondary N) is 2. The Labute approximate surface area is 180 Å². The van der Waals surface area contributed by atoms with Gasteiger partial charge >= 0.3 is 0 Å². The second-order valence-corrected chi connectivity index (χ2v) is 8.27. The number of anilines is 1. The van der Waals surface area contributed by atoms with Crippen LogP contribution in [0, 0.1) is 0 Å².